The smallest absolute Gasteiger partial charge is 0.282 e. The topological polar surface area (TPSA) is 97.2 Å². The first-order chi connectivity index (χ1) is 10.5. The first kappa shape index (κ1) is 15.8. The number of nitro groups is 1. The molecule has 0 aliphatic rings. The zero-order chi connectivity index (χ0) is 16.1. The van der Waals surface area contributed by atoms with Gasteiger partial charge in [0.25, 0.3) is 11.6 Å². The van der Waals surface area contributed by atoms with Crippen molar-refractivity contribution in [2.24, 2.45) is 0 Å². The first-order valence-electron chi connectivity index (χ1n) is 5.94. The van der Waals surface area contributed by atoms with Crippen molar-refractivity contribution >= 4 is 46.2 Å². The second-order valence-electron chi connectivity index (χ2n) is 4.05. The molecule has 0 unspecified atom stereocenters. The number of carbonyl (C=O) groups is 1. The van der Waals surface area contributed by atoms with E-state index in [4.69, 9.17) is 23.8 Å². The standard InChI is InChI=1S/C13H9ClN4O3S/c14-11-6-5-8(7-15-11)16-13(22)17-12(19)9-3-1-2-4-10(9)18(20)21/h1-7H,(H2,16,17,19,22). The highest BCUT2D eigenvalue weighted by molar-refractivity contribution is 7.80. The predicted octanol–water partition coefficient (Wildman–Crippen LogP) is 2.77. The Balaban J connectivity index is 2.07. The van der Waals surface area contributed by atoms with Gasteiger partial charge in [-0.05, 0) is 30.4 Å². The fourth-order valence-electron chi connectivity index (χ4n) is 1.61. The molecule has 7 nitrogen and oxygen atoms in total. The number of halogens is 1. The number of pyridine rings is 1. The van der Waals surface area contributed by atoms with Gasteiger partial charge in [-0.1, -0.05) is 23.7 Å². The van der Waals surface area contributed by atoms with Gasteiger partial charge in [0.1, 0.15) is 10.7 Å². The average Bonchev–Trinajstić information content (AvgIpc) is 2.49. The van der Waals surface area contributed by atoms with Crippen LogP contribution in [0, 0.1) is 10.1 Å². The van der Waals surface area contributed by atoms with Crippen LogP contribution in [-0.2, 0) is 0 Å². The molecular weight excluding hydrogens is 328 g/mol. The van der Waals surface area contributed by atoms with Crippen LogP contribution in [0.25, 0.3) is 0 Å². The summed E-state index contributed by atoms with van der Waals surface area (Å²) in [6, 6.07) is 8.77. The number of nitro benzene ring substituents is 1. The average molecular weight is 337 g/mol. The molecule has 1 aromatic carbocycles. The lowest BCUT2D eigenvalue weighted by Crippen LogP contribution is -2.34. The molecule has 1 amide bonds. The van der Waals surface area contributed by atoms with Crippen molar-refractivity contribution in [1.29, 1.82) is 0 Å². The van der Waals surface area contributed by atoms with Crippen LogP contribution in [0.2, 0.25) is 5.15 Å². The Labute approximate surface area is 135 Å². The van der Waals surface area contributed by atoms with Gasteiger partial charge in [-0.15, -0.1) is 0 Å². The Morgan fingerprint density at radius 3 is 2.64 bits per heavy atom. The first-order valence-corrected chi connectivity index (χ1v) is 6.73. The molecule has 22 heavy (non-hydrogen) atoms. The number of amides is 1. The predicted molar refractivity (Wildman–Crippen MR) is 86.0 cm³/mol. The van der Waals surface area contributed by atoms with E-state index in [2.05, 4.69) is 15.6 Å². The molecule has 0 saturated heterocycles. The molecule has 0 saturated carbocycles. The molecule has 2 N–H and O–H groups in total. The number of hydrogen-bond acceptors (Lipinski definition) is 5. The van der Waals surface area contributed by atoms with Gasteiger partial charge in [-0.25, -0.2) is 4.98 Å². The zero-order valence-corrected chi connectivity index (χ0v) is 12.5. The van der Waals surface area contributed by atoms with Crippen LogP contribution in [0.5, 0.6) is 0 Å². The summed E-state index contributed by atoms with van der Waals surface area (Å²) in [6.45, 7) is 0. The lowest BCUT2D eigenvalue weighted by molar-refractivity contribution is -0.385. The molecule has 0 spiro atoms. The molecule has 9 heteroatoms. The van der Waals surface area contributed by atoms with Gasteiger partial charge in [-0.2, -0.15) is 0 Å². The normalized spacial score (nSPS) is 9.86. The van der Waals surface area contributed by atoms with E-state index in [0.717, 1.165) is 0 Å². The number of para-hydroxylation sites is 1. The fourth-order valence-corrected chi connectivity index (χ4v) is 1.93. The summed E-state index contributed by atoms with van der Waals surface area (Å²) < 4.78 is 0. The number of thiocarbonyl (C=S) groups is 1. The number of nitrogens with one attached hydrogen (secondary N) is 2. The minimum Gasteiger partial charge on any atom is -0.331 e. The van der Waals surface area contributed by atoms with Crippen molar-refractivity contribution in [1.82, 2.24) is 10.3 Å². The van der Waals surface area contributed by atoms with Gasteiger partial charge in [0.2, 0.25) is 0 Å². The van der Waals surface area contributed by atoms with E-state index in [1.54, 1.807) is 12.1 Å². The number of anilines is 1. The van der Waals surface area contributed by atoms with Crippen molar-refractivity contribution in [3.8, 4) is 0 Å². The summed E-state index contributed by atoms with van der Waals surface area (Å²) in [7, 11) is 0. The van der Waals surface area contributed by atoms with Crippen LogP contribution in [0.4, 0.5) is 11.4 Å². The third kappa shape index (κ3) is 3.96. The molecule has 0 radical (unpaired) electrons. The van der Waals surface area contributed by atoms with Gasteiger partial charge in [0.05, 0.1) is 16.8 Å². The molecule has 0 bridgehead atoms. The Bertz CT molecular complexity index is 736. The minimum atomic E-state index is -0.674. The van der Waals surface area contributed by atoms with Gasteiger partial charge >= 0.3 is 0 Å². The second-order valence-corrected chi connectivity index (χ2v) is 4.85. The van der Waals surface area contributed by atoms with E-state index in [-0.39, 0.29) is 16.4 Å². The molecule has 2 aromatic rings. The lowest BCUT2D eigenvalue weighted by Gasteiger charge is -2.09. The van der Waals surface area contributed by atoms with Crippen molar-refractivity contribution in [2.45, 2.75) is 0 Å². The molecule has 1 aromatic heterocycles. The van der Waals surface area contributed by atoms with E-state index < -0.39 is 10.8 Å². The Kier molecular flexibility index (Phi) is 4.97. The third-order valence-electron chi connectivity index (χ3n) is 2.56. The summed E-state index contributed by atoms with van der Waals surface area (Å²) in [5.74, 6) is -0.674. The van der Waals surface area contributed by atoms with Gasteiger partial charge in [0.15, 0.2) is 5.11 Å². The molecular formula is C13H9ClN4O3S. The van der Waals surface area contributed by atoms with Crippen molar-refractivity contribution in [3.05, 3.63) is 63.4 Å². The van der Waals surface area contributed by atoms with E-state index in [9.17, 15) is 14.9 Å². The van der Waals surface area contributed by atoms with Crippen molar-refractivity contribution in [3.63, 3.8) is 0 Å². The van der Waals surface area contributed by atoms with Crippen LogP contribution >= 0.6 is 23.8 Å². The SMILES string of the molecule is O=C(NC(=S)Nc1ccc(Cl)nc1)c1ccccc1[N+](=O)[O-]. The maximum Gasteiger partial charge on any atom is 0.282 e. The zero-order valence-electron chi connectivity index (χ0n) is 10.9. The maximum atomic E-state index is 12.0. The van der Waals surface area contributed by atoms with Crippen molar-refractivity contribution in [2.75, 3.05) is 5.32 Å². The summed E-state index contributed by atoms with van der Waals surface area (Å²) in [6.07, 6.45) is 1.44. The fraction of sp³-hybridized carbons (Fsp3) is 0. The molecule has 112 valence electrons. The third-order valence-corrected chi connectivity index (χ3v) is 2.99. The van der Waals surface area contributed by atoms with Crippen molar-refractivity contribution < 1.29 is 9.72 Å². The molecule has 2 rings (SSSR count). The van der Waals surface area contributed by atoms with Crippen LogP contribution in [-0.4, -0.2) is 20.9 Å². The molecule has 0 aliphatic heterocycles. The van der Waals surface area contributed by atoms with Gasteiger partial charge in [-0.3, -0.25) is 20.2 Å². The summed E-state index contributed by atoms with van der Waals surface area (Å²) in [5, 5.41) is 16.3. The van der Waals surface area contributed by atoms with E-state index in [0.29, 0.717) is 10.8 Å². The number of hydrogen-bond donors (Lipinski definition) is 2. The number of benzene rings is 1. The second kappa shape index (κ2) is 6.92. The highest BCUT2D eigenvalue weighted by Gasteiger charge is 2.19. The lowest BCUT2D eigenvalue weighted by atomic mass is 10.1. The Morgan fingerprint density at radius 2 is 2.00 bits per heavy atom. The maximum absolute atomic E-state index is 12.0. The van der Waals surface area contributed by atoms with E-state index in [1.165, 1.54) is 30.5 Å². The highest BCUT2D eigenvalue weighted by Crippen LogP contribution is 2.17. The summed E-state index contributed by atoms with van der Waals surface area (Å²) >= 11 is 10.6. The highest BCUT2D eigenvalue weighted by atomic mass is 35.5. The monoisotopic (exact) mass is 336 g/mol. The number of rotatable bonds is 3. The van der Waals surface area contributed by atoms with E-state index in [1.807, 2.05) is 0 Å². The molecule has 0 fully saturated rings. The van der Waals surface area contributed by atoms with Crippen LogP contribution < -0.4 is 10.6 Å². The molecule has 0 atom stereocenters. The largest absolute Gasteiger partial charge is 0.331 e. The Hall–Kier alpha value is -2.58. The number of carbonyl (C=O) groups excluding carboxylic acids is 1. The summed E-state index contributed by atoms with van der Waals surface area (Å²) in [4.78, 5) is 26.2. The minimum absolute atomic E-state index is 0.00715. The molecule has 1 heterocycles. The number of aromatic nitrogens is 1. The quantitative estimate of drug-likeness (QED) is 0.387. The Morgan fingerprint density at radius 1 is 1.27 bits per heavy atom. The van der Waals surface area contributed by atoms with E-state index >= 15 is 0 Å². The summed E-state index contributed by atoms with van der Waals surface area (Å²) in [5.41, 5.74) is 0.152. The number of nitrogens with zero attached hydrogens (tertiary/aromatic N) is 2. The molecule has 0 aliphatic carbocycles. The van der Waals surface area contributed by atoms with Crippen LogP contribution in [0.15, 0.2) is 42.6 Å². The van der Waals surface area contributed by atoms with Crippen LogP contribution in [0.3, 0.4) is 0 Å². The van der Waals surface area contributed by atoms with Gasteiger partial charge in [0, 0.05) is 6.07 Å². The van der Waals surface area contributed by atoms with Gasteiger partial charge < -0.3 is 5.32 Å². The van der Waals surface area contributed by atoms with Crippen LogP contribution in [0.1, 0.15) is 10.4 Å².